The third kappa shape index (κ3) is 3.43. The van der Waals surface area contributed by atoms with Crippen molar-refractivity contribution in [3.05, 3.63) is 35.6 Å². The quantitative estimate of drug-likeness (QED) is 0.903. The van der Waals surface area contributed by atoms with Gasteiger partial charge in [-0.3, -0.25) is 4.79 Å². The van der Waals surface area contributed by atoms with Crippen molar-refractivity contribution in [2.24, 2.45) is 5.92 Å². The Morgan fingerprint density at radius 3 is 2.43 bits per heavy atom. The first-order valence-corrected chi connectivity index (χ1v) is 7.99. The standard InChI is InChI=1S/C17H23FN2O/c18-15-7-5-13(6-8-15)9-10-20(16-3-1-2-4-16)17(21)14-11-19-12-14/h5-8,14,16,19H,1-4,9-12H2. The Labute approximate surface area is 125 Å². The van der Waals surface area contributed by atoms with Gasteiger partial charge in [-0.1, -0.05) is 25.0 Å². The van der Waals surface area contributed by atoms with E-state index < -0.39 is 0 Å². The fourth-order valence-electron chi connectivity index (χ4n) is 3.29. The predicted molar refractivity (Wildman–Crippen MR) is 80.4 cm³/mol. The topological polar surface area (TPSA) is 32.3 Å². The van der Waals surface area contributed by atoms with Crippen LogP contribution < -0.4 is 5.32 Å². The van der Waals surface area contributed by atoms with Crippen LogP contribution in [0.5, 0.6) is 0 Å². The van der Waals surface area contributed by atoms with Gasteiger partial charge >= 0.3 is 0 Å². The molecule has 1 heterocycles. The first kappa shape index (κ1) is 14.5. The molecule has 0 spiro atoms. The second-order valence-corrected chi connectivity index (χ2v) is 6.20. The van der Waals surface area contributed by atoms with Gasteiger partial charge in [-0.2, -0.15) is 0 Å². The average molecular weight is 290 g/mol. The van der Waals surface area contributed by atoms with Gasteiger partial charge in [0.2, 0.25) is 5.91 Å². The average Bonchev–Trinajstić information content (AvgIpc) is 2.93. The third-order valence-corrected chi connectivity index (χ3v) is 4.73. The van der Waals surface area contributed by atoms with Crippen LogP contribution in [0.2, 0.25) is 0 Å². The van der Waals surface area contributed by atoms with Crippen LogP contribution >= 0.6 is 0 Å². The fraction of sp³-hybridized carbons (Fsp3) is 0.588. The van der Waals surface area contributed by atoms with Crippen molar-refractivity contribution in [2.45, 2.75) is 38.1 Å². The van der Waals surface area contributed by atoms with Crippen LogP contribution in [-0.4, -0.2) is 36.5 Å². The molecule has 114 valence electrons. The lowest BCUT2D eigenvalue weighted by atomic mass is 9.99. The number of rotatable bonds is 5. The molecular formula is C17H23FN2O. The number of nitrogens with one attached hydrogen (secondary N) is 1. The summed E-state index contributed by atoms with van der Waals surface area (Å²) in [6.45, 7) is 2.39. The van der Waals surface area contributed by atoms with Gasteiger partial charge in [0.1, 0.15) is 5.82 Å². The smallest absolute Gasteiger partial charge is 0.228 e. The van der Waals surface area contributed by atoms with Crippen LogP contribution in [0.15, 0.2) is 24.3 Å². The van der Waals surface area contributed by atoms with Crippen molar-refractivity contribution >= 4 is 5.91 Å². The maximum Gasteiger partial charge on any atom is 0.228 e. The van der Waals surface area contributed by atoms with Gasteiger partial charge in [-0.25, -0.2) is 4.39 Å². The van der Waals surface area contributed by atoms with Gasteiger partial charge in [-0.15, -0.1) is 0 Å². The largest absolute Gasteiger partial charge is 0.339 e. The van der Waals surface area contributed by atoms with Crippen LogP contribution in [0.4, 0.5) is 4.39 Å². The number of carbonyl (C=O) groups is 1. The van der Waals surface area contributed by atoms with Crippen LogP contribution in [-0.2, 0) is 11.2 Å². The van der Waals surface area contributed by atoms with Gasteiger partial charge in [0, 0.05) is 25.7 Å². The number of nitrogens with zero attached hydrogens (tertiary/aromatic N) is 1. The van der Waals surface area contributed by atoms with E-state index in [9.17, 15) is 9.18 Å². The lowest BCUT2D eigenvalue weighted by Crippen LogP contribution is -2.54. The first-order valence-electron chi connectivity index (χ1n) is 7.99. The zero-order chi connectivity index (χ0) is 14.7. The van der Waals surface area contributed by atoms with Crippen molar-refractivity contribution in [3.63, 3.8) is 0 Å². The minimum absolute atomic E-state index is 0.166. The van der Waals surface area contributed by atoms with E-state index in [1.807, 2.05) is 12.1 Å². The van der Waals surface area contributed by atoms with Crippen LogP contribution in [0.1, 0.15) is 31.2 Å². The predicted octanol–water partition coefficient (Wildman–Crippen LogP) is 2.36. The number of hydrogen-bond donors (Lipinski definition) is 1. The van der Waals surface area contributed by atoms with E-state index in [0.717, 1.165) is 44.5 Å². The molecule has 0 unspecified atom stereocenters. The number of benzene rings is 1. The Morgan fingerprint density at radius 1 is 1.19 bits per heavy atom. The normalized spacial score (nSPS) is 19.5. The molecule has 21 heavy (non-hydrogen) atoms. The second kappa shape index (κ2) is 6.56. The maximum absolute atomic E-state index is 12.9. The summed E-state index contributed by atoms with van der Waals surface area (Å²) in [6, 6.07) is 7.04. The highest BCUT2D eigenvalue weighted by Crippen LogP contribution is 2.25. The van der Waals surface area contributed by atoms with Gasteiger partial charge in [0.05, 0.1) is 5.92 Å². The van der Waals surface area contributed by atoms with Crippen molar-refractivity contribution in [2.75, 3.05) is 19.6 Å². The molecule has 2 fully saturated rings. The Morgan fingerprint density at radius 2 is 1.86 bits per heavy atom. The molecule has 1 saturated carbocycles. The summed E-state index contributed by atoms with van der Waals surface area (Å²) < 4.78 is 12.9. The molecule has 0 radical (unpaired) electrons. The lowest BCUT2D eigenvalue weighted by molar-refractivity contribution is -0.139. The van der Waals surface area contributed by atoms with E-state index in [2.05, 4.69) is 10.2 Å². The van der Waals surface area contributed by atoms with Crippen LogP contribution in [0.3, 0.4) is 0 Å². The number of hydrogen-bond acceptors (Lipinski definition) is 2. The lowest BCUT2D eigenvalue weighted by Gasteiger charge is -2.36. The molecule has 2 aliphatic rings. The van der Waals surface area contributed by atoms with E-state index in [4.69, 9.17) is 0 Å². The molecule has 0 bridgehead atoms. The Bertz CT molecular complexity index is 478. The molecule has 1 saturated heterocycles. The maximum atomic E-state index is 12.9. The summed E-state index contributed by atoms with van der Waals surface area (Å²) in [5.41, 5.74) is 1.10. The highest BCUT2D eigenvalue weighted by atomic mass is 19.1. The van der Waals surface area contributed by atoms with E-state index in [0.29, 0.717) is 11.9 Å². The molecule has 1 aliphatic heterocycles. The minimum Gasteiger partial charge on any atom is -0.339 e. The second-order valence-electron chi connectivity index (χ2n) is 6.20. The van der Waals surface area contributed by atoms with E-state index in [1.165, 1.54) is 25.0 Å². The monoisotopic (exact) mass is 290 g/mol. The first-order chi connectivity index (χ1) is 10.2. The number of carbonyl (C=O) groups excluding carboxylic acids is 1. The van der Waals surface area contributed by atoms with Crippen molar-refractivity contribution < 1.29 is 9.18 Å². The van der Waals surface area contributed by atoms with Crippen molar-refractivity contribution in [3.8, 4) is 0 Å². The van der Waals surface area contributed by atoms with Gasteiger partial charge < -0.3 is 10.2 Å². The zero-order valence-corrected chi connectivity index (χ0v) is 12.4. The Balaban J connectivity index is 1.63. The molecule has 1 amide bonds. The number of amides is 1. The van der Waals surface area contributed by atoms with Crippen LogP contribution in [0, 0.1) is 11.7 Å². The Kier molecular flexibility index (Phi) is 4.54. The molecule has 1 aromatic carbocycles. The van der Waals surface area contributed by atoms with Crippen molar-refractivity contribution in [1.82, 2.24) is 10.2 Å². The molecule has 1 aromatic rings. The SMILES string of the molecule is O=C(C1CNC1)N(CCc1ccc(F)cc1)C1CCCC1. The summed E-state index contributed by atoms with van der Waals surface area (Å²) >= 11 is 0. The van der Waals surface area contributed by atoms with E-state index in [-0.39, 0.29) is 11.7 Å². The summed E-state index contributed by atoms with van der Waals surface area (Å²) in [4.78, 5) is 14.7. The fourth-order valence-corrected chi connectivity index (χ4v) is 3.29. The van der Waals surface area contributed by atoms with Gasteiger partial charge in [0.15, 0.2) is 0 Å². The van der Waals surface area contributed by atoms with Gasteiger partial charge in [-0.05, 0) is 37.0 Å². The third-order valence-electron chi connectivity index (χ3n) is 4.73. The summed E-state index contributed by atoms with van der Waals surface area (Å²) in [5.74, 6) is 0.268. The molecule has 1 aliphatic carbocycles. The molecule has 0 atom stereocenters. The Hall–Kier alpha value is -1.42. The zero-order valence-electron chi connectivity index (χ0n) is 12.4. The van der Waals surface area contributed by atoms with Gasteiger partial charge in [0.25, 0.3) is 0 Å². The highest BCUT2D eigenvalue weighted by molar-refractivity contribution is 5.80. The minimum atomic E-state index is -0.206. The van der Waals surface area contributed by atoms with Crippen LogP contribution in [0.25, 0.3) is 0 Å². The number of halogens is 1. The molecular weight excluding hydrogens is 267 g/mol. The molecule has 4 heteroatoms. The molecule has 3 nitrogen and oxygen atoms in total. The van der Waals surface area contributed by atoms with E-state index in [1.54, 1.807) is 0 Å². The van der Waals surface area contributed by atoms with E-state index >= 15 is 0 Å². The highest BCUT2D eigenvalue weighted by Gasteiger charge is 2.33. The molecule has 1 N–H and O–H groups in total. The summed E-state index contributed by atoms with van der Waals surface area (Å²) in [7, 11) is 0. The molecule has 0 aromatic heterocycles. The summed E-state index contributed by atoms with van der Waals surface area (Å²) in [6.07, 6.45) is 5.54. The van der Waals surface area contributed by atoms with Crippen molar-refractivity contribution in [1.29, 1.82) is 0 Å². The molecule has 3 rings (SSSR count). The summed E-state index contributed by atoms with van der Waals surface area (Å²) in [5, 5.41) is 3.18.